The Balaban J connectivity index is 1.24. The van der Waals surface area contributed by atoms with Gasteiger partial charge in [0.05, 0.1) is 12.6 Å². The van der Waals surface area contributed by atoms with Gasteiger partial charge < -0.3 is 15.4 Å². The van der Waals surface area contributed by atoms with Crippen molar-refractivity contribution in [2.24, 2.45) is 0 Å². The van der Waals surface area contributed by atoms with Crippen molar-refractivity contribution in [1.82, 2.24) is 25.2 Å². The summed E-state index contributed by atoms with van der Waals surface area (Å²) in [4.78, 5) is 29.2. The fourth-order valence-electron chi connectivity index (χ4n) is 5.35. The molecule has 9 nitrogen and oxygen atoms in total. The highest BCUT2D eigenvalue weighted by Crippen LogP contribution is 2.34. The number of thiazole rings is 1. The van der Waals surface area contributed by atoms with Crippen LogP contribution in [0.2, 0.25) is 0 Å². The van der Waals surface area contributed by atoms with Crippen LogP contribution in [0.4, 0.5) is 10.9 Å². The number of nitriles is 1. The maximum atomic E-state index is 13.0. The number of aromatic nitrogens is 3. The second-order valence-corrected chi connectivity index (χ2v) is 10.9. The van der Waals surface area contributed by atoms with Crippen LogP contribution < -0.4 is 10.6 Å². The third-order valence-electron chi connectivity index (χ3n) is 7.43. The monoisotopic (exact) mass is 531 g/mol. The number of hydrogen-bond donors (Lipinski definition) is 2. The van der Waals surface area contributed by atoms with Gasteiger partial charge in [-0.2, -0.15) is 5.26 Å². The summed E-state index contributed by atoms with van der Waals surface area (Å²) in [6.07, 6.45) is 3.76. The van der Waals surface area contributed by atoms with Crippen LogP contribution in [0.25, 0.3) is 0 Å². The lowest BCUT2D eigenvalue weighted by Gasteiger charge is -2.37. The smallest absolute Gasteiger partial charge is 0.270 e. The predicted octanol–water partition coefficient (Wildman–Crippen LogP) is 4.17. The number of anilines is 2. The molecule has 1 amide bonds. The van der Waals surface area contributed by atoms with Crippen LogP contribution >= 0.6 is 11.3 Å². The lowest BCUT2D eigenvalue weighted by Crippen LogP contribution is -2.44. The topological polar surface area (TPSA) is 116 Å². The second kappa shape index (κ2) is 12.0. The molecule has 3 aromatic rings. The minimum absolute atomic E-state index is 0.136. The molecule has 0 spiro atoms. The van der Waals surface area contributed by atoms with Crippen molar-refractivity contribution in [1.29, 1.82) is 5.26 Å². The van der Waals surface area contributed by atoms with Crippen LogP contribution in [0, 0.1) is 18.3 Å². The lowest BCUT2D eigenvalue weighted by molar-refractivity contribution is 0.0487. The maximum Gasteiger partial charge on any atom is 0.270 e. The van der Waals surface area contributed by atoms with Gasteiger partial charge in [-0.05, 0) is 44.7 Å². The van der Waals surface area contributed by atoms with E-state index in [1.165, 1.54) is 16.9 Å². The van der Waals surface area contributed by atoms with Gasteiger partial charge in [0, 0.05) is 54.8 Å². The van der Waals surface area contributed by atoms with E-state index >= 15 is 0 Å². The number of carbonyl (C=O) groups is 1. The van der Waals surface area contributed by atoms with Gasteiger partial charge in [-0.15, -0.1) is 11.3 Å². The predicted molar refractivity (Wildman–Crippen MR) is 147 cm³/mol. The molecular formula is C28H33N7O2S. The molecule has 2 N–H and O–H groups in total. The largest absolute Gasteiger partial charge is 0.381 e. The number of nitrogens with zero attached hydrogens (tertiary/aromatic N) is 5. The maximum absolute atomic E-state index is 13.0. The van der Waals surface area contributed by atoms with E-state index in [4.69, 9.17) is 15.0 Å². The Labute approximate surface area is 227 Å². The molecule has 2 saturated heterocycles. The quantitative estimate of drug-likeness (QED) is 0.416. The Morgan fingerprint density at radius 3 is 2.84 bits per heavy atom. The molecule has 198 valence electrons. The molecule has 0 saturated carbocycles. The van der Waals surface area contributed by atoms with E-state index in [9.17, 15) is 4.79 Å². The third kappa shape index (κ3) is 6.18. The first-order chi connectivity index (χ1) is 18.5. The zero-order valence-corrected chi connectivity index (χ0v) is 22.5. The molecule has 2 aromatic heterocycles. The minimum atomic E-state index is -0.185. The Morgan fingerprint density at radius 2 is 2.05 bits per heavy atom. The summed E-state index contributed by atoms with van der Waals surface area (Å²) < 4.78 is 5.61. The molecule has 4 heterocycles. The van der Waals surface area contributed by atoms with Crippen molar-refractivity contribution < 1.29 is 9.53 Å². The van der Waals surface area contributed by atoms with E-state index in [2.05, 4.69) is 43.7 Å². The van der Waals surface area contributed by atoms with E-state index < -0.39 is 0 Å². The average Bonchev–Trinajstić information content (AvgIpc) is 3.41. The Hall–Kier alpha value is -3.39. The Morgan fingerprint density at radius 1 is 1.24 bits per heavy atom. The molecule has 0 radical (unpaired) electrons. The van der Waals surface area contributed by atoms with Gasteiger partial charge in [-0.25, -0.2) is 15.0 Å². The highest BCUT2D eigenvalue weighted by Gasteiger charge is 2.35. The van der Waals surface area contributed by atoms with Crippen molar-refractivity contribution in [2.45, 2.75) is 43.9 Å². The normalized spacial score (nSPS) is 19.4. The highest BCUT2D eigenvalue weighted by molar-refractivity contribution is 7.14. The zero-order valence-electron chi connectivity index (χ0n) is 21.7. The molecular weight excluding hydrogens is 498 g/mol. The van der Waals surface area contributed by atoms with Gasteiger partial charge in [-0.1, -0.05) is 30.3 Å². The fourth-order valence-corrected chi connectivity index (χ4v) is 6.05. The number of piperidine rings is 1. The van der Waals surface area contributed by atoms with E-state index in [0.29, 0.717) is 42.9 Å². The molecule has 1 atom stereocenters. The number of likely N-dealkylation sites (tertiary alicyclic amines) is 1. The van der Waals surface area contributed by atoms with Crippen LogP contribution in [-0.4, -0.2) is 65.2 Å². The standard InChI is InChI=1S/C28H33N7O2S/c1-20-16-24(33-25(31-20)21-6-5-12-35(17-21)13-11-29)34-27-32-23(18-38-27)26(36)30-19-28(9-14-37-15-10-28)22-7-3-2-4-8-22/h2-4,7-8,16,18,21H,5-6,9-10,12-15,17,19H2,1H3,(H,30,36)(H,31,32,33,34)/t21-/m1/s1. The molecule has 38 heavy (non-hydrogen) atoms. The summed E-state index contributed by atoms with van der Waals surface area (Å²) in [6.45, 7) is 6.02. The zero-order chi connectivity index (χ0) is 26.4. The van der Waals surface area contributed by atoms with Gasteiger partial charge in [0.25, 0.3) is 5.91 Å². The molecule has 0 aliphatic carbocycles. The molecule has 2 aliphatic rings. The van der Waals surface area contributed by atoms with Crippen LogP contribution in [-0.2, 0) is 10.2 Å². The summed E-state index contributed by atoms with van der Waals surface area (Å²) in [6, 6.07) is 14.5. The molecule has 10 heteroatoms. The van der Waals surface area contributed by atoms with E-state index in [-0.39, 0.29) is 17.2 Å². The molecule has 0 unspecified atom stereocenters. The SMILES string of the molecule is Cc1cc(Nc2nc(C(=O)NCC3(c4ccccc4)CCOCC3)cs2)nc([C@@H]2CCCN(CC#N)C2)n1. The van der Waals surface area contributed by atoms with Crippen molar-refractivity contribution >= 4 is 28.2 Å². The third-order valence-corrected chi connectivity index (χ3v) is 8.19. The van der Waals surface area contributed by atoms with E-state index in [1.54, 1.807) is 5.38 Å². The Kier molecular flexibility index (Phi) is 8.27. The molecule has 2 aliphatic heterocycles. The van der Waals surface area contributed by atoms with Crippen LogP contribution in [0.15, 0.2) is 41.8 Å². The molecule has 2 fully saturated rings. The Bertz CT molecular complexity index is 1280. The number of rotatable bonds is 8. The number of ether oxygens (including phenoxy) is 1. The summed E-state index contributed by atoms with van der Waals surface area (Å²) in [5.74, 6) is 1.46. The minimum Gasteiger partial charge on any atom is -0.381 e. The van der Waals surface area contributed by atoms with Crippen LogP contribution in [0.5, 0.6) is 0 Å². The van der Waals surface area contributed by atoms with Gasteiger partial charge in [0.15, 0.2) is 5.13 Å². The van der Waals surface area contributed by atoms with Crippen molar-refractivity contribution in [3.05, 3.63) is 64.6 Å². The first-order valence-electron chi connectivity index (χ1n) is 13.1. The van der Waals surface area contributed by atoms with Crippen molar-refractivity contribution in [3.63, 3.8) is 0 Å². The van der Waals surface area contributed by atoms with Crippen molar-refractivity contribution in [2.75, 3.05) is 44.7 Å². The summed E-state index contributed by atoms with van der Waals surface area (Å²) >= 11 is 1.38. The summed E-state index contributed by atoms with van der Waals surface area (Å²) in [5, 5.41) is 17.8. The summed E-state index contributed by atoms with van der Waals surface area (Å²) in [7, 11) is 0. The molecule has 0 bridgehead atoms. The molecule has 1 aromatic carbocycles. The first kappa shape index (κ1) is 26.2. The number of benzene rings is 1. The van der Waals surface area contributed by atoms with Crippen LogP contribution in [0.1, 0.15) is 59.2 Å². The average molecular weight is 532 g/mol. The number of aryl methyl sites for hydroxylation is 1. The van der Waals surface area contributed by atoms with E-state index in [1.807, 2.05) is 31.2 Å². The number of carbonyl (C=O) groups excluding carboxylic acids is 1. The van der Waals surface area contributed by atoms with Gasteiger partial charge in [-0.3, -0.25) is 9.69 Å². The summed E-state index contributed by atoms with van der Waals surface area (Å²) in [5.41, 5.74) is 2.35. The highest BCUT2D eigenvalue weighted by atomic mass is 32.1. The van der Waals surface area contributed by atoms with Crippen LogP contribution in [0.3, 0.4) is 0 Å². The fraction of sp³-hybridized carbons (Fsp3) is 0.464. The van der Waals surface area contributed by atoms with Gasteiger partial charge >= 0.3 is 0 Å². The van der Waals surface area contributed by atoms with Gasteiger partial charge in [0.2, 0.25) is 0 Å². The lowest BCUT2D eigenvalue weighted by atomic mass is 9.74. The first-order valence-corrected chi connectivity index (χ1v) is 14.0. The number of hydrogen-bond acceptors (Lipinski definition) is 9. The molecule has 5 rings (SSSR count). The van der Waals surface area contributed by atoms with Gasteiger partial charge in [0.1, 0.15) is 17.3 Å². The van der Waals surface area contributed by atoms with Crippen molar-refractivity contribution in [3.8, 4) is 6.07 Å². The second-order valence-electron chi connectivity index (χ2n) is 10.1. The van der Waals surface area contributed by atoms with E-state index in [0.717, 1.165) is 50.3 Å². The number of amides is 1. The number of nitrogens with one attached hydrogen (secondary N) is 2.